The highest BCUT2D eigenvalue weighted by Crippen LogP contribution is 2.26. The third-order valence-electron chi connectivity index (χ3n) is 3.21. The summed E-state index contributed by atoms with van der Waals surface area (Å²) in [6, 6.07) is 3.78. The summed E-state index contributed by atoms with van der Waals surface area (Å²) >= 11 is 6.28. The highest BCUT2D eigenvalue weighted by atomic mass is 35.5. The van der Waals surface area contributed by atoms with Gasteiger partial charge in [0.05, 0.1) is 22.5 Å². The lowest BCUT2D eigenvalue weighted by Crippen LogP contribution is -2.07. The highest BCUT2D eigenvalue weighted by Gasteiger charge is 2.17. The molecule has 0 saturated carbocycles. The second-order valence-corrected chi connectivity index (χ2v) is 5.02. The Morgan fingerprint density at radius 3 is 2.68 bits per heavy atom. The molecule has 0 saturated heterocycles. The summed E-state index contributed by atoms with van der Waals surface area (Å²) in [6.45, 7) is 3.93. The Hall–Kier alpha value is -1.39. The maximum absolute atomic E-state index is 10.3. The molecule has 0 aromatic carbocycles. The summed E-state index contributed by atoms with van der Waals surface area (Å²) in [5.74, 6) is 0. The van der Waals surface area contributed by atoms with Crippen LogP contribution in [0.3, 0.4) is 0 Å². The Labute approximate surface area is 118 Å². The molecule has 0 aliphatic heterocycles. The first-order valence-electron chi connectivity index (χ1n) is 6.33. The van der Waals surface area contributed by atoms with Crippen molar-refractivity contribution in [3.63, 3.8) is 0 Å². The van der Waals surface area contributed by atoms with Crippen molar-refractivity contribution in [1.29, 1.82) is 0 Å². The van der Waals surface area contributed by atoms with Crippen LogP contribution < -0.4 is 0 Å². The molecule has 1 unspecified atom stereocenters. The number of aryl methyl sites for hydroxylation is 3. The predicted octanol–water partition coefficient (Wildman–Crippen LogP) is 2.62. The third-order valence-corrected chi connectivity index (χ3v) is 3.64. The highest BCUT2D eigenvalue weighted by molar-refractivity contribution is 6.31. The smallest absolute Gasteiger partial charge is 0.0860 e. The van der Waals surface area contributed by atoms with Crippen molar-refractivity contribution in [3.05, 3.63) is 46.0 Å². The first-order valence-corrected chi connectivity index (χ1v) is 6.71. The van der Waals surface area contributed by atoms with Crippen molar-refractivity contribution in [1.82, 2.24) is 14.8 Å². The van der Waals surface area contributed by atoms with Gasteiger partial charge in [0.1, 0.15) is 0 Å². The van der Waals surface area contributed by atoms with E-state index in [0.717, 1.165) is 29.1 Å². The number of pyridine rings is 1. The van der Waals surface area contributed by atoms with Crippen LogP contribution in [0.15, 0.2) is 18.3 Å². The first kappa shape index (κ1) is 14.0. The monoisotopic (exact) mass is 279 g/mol. The molecule has 0 aliphatic carbocycles. The van der Waals surface area contributed by atoms with E-state index in [1.165, 1.54) is 0 Å². The third kappa shape index (κ3) is 2.96. The van der Waals surface area contributed by atoms with Crippen molar-refractivity contribution in [2.24, 2.45) is 7.05 Å². The number of rotatable bonds is 4. The molecular formula is C14H18ClN3O. The lowest BCUT2D eigenvalue weighted by molar-refractivity contribution is 0.175. The largest absolute Gasteiger partial charge is 0.388 e. The van der Waals surface area contributed by atoms with Crippen LogP contribution >= 0.6 is 11.6 Å². The van der Waals surface area contributed by atoms with Gasteiger partial charge >= 0.3 is 0 Å². The molecule has 2 rings (SSSR count). The van der Waals surface area contributed by atoms with Crippen LogP contribution in [0.1, 0.15) is 35.7 Å². The standard InChI is InChI=1S/C14H18ClN3O/c1-4-11-14(15)12(18(3)17-11)7-13(19)10-6-5-9(2)16-8-10/h5-6,8,13,19H,4,7H2,1-3H3. The summed E-state index contributed by atoms with van der Waals surface area (Å²) in [4.78, 5) is 4.19. The number of hydrogen-bond acceptors (Lipinski definition) is 3. The predicted molar refractivity (Wildman–Crippen MR) is 75.2 cm³/mol. The second-order valence-electron chi connectivity index (χ2n) is 4.64. The van der Waals surface area contributed by atoms with E-state index in [4.69, 9.17) is 11.6 Å². The quantitative estimate of drug-likeness (QED) is 0.936. The van der Waals surface area contributed by atoms with Crippen molar-refractivity contribution < 1.29 is 5.11 Å². The van der Waals surface area contributed by atoms with Gasteiger partial charge in [0.2, 0.25) is 0 Å². The Morgan fingerprint density at radius 1 is 1.42 bits per heavy atom. The van der Waals surface area contributed by atoms with Gasteiger partial charge in [-0.2, -0.15) is 5.10 Å². The van der Waals surface area contributed by atoms with Crippen LogP contribution in [0.4, 0.5) is 0 Å². The van der Waals surface area contributed by atoms with Crippen LogP contribution in [0, 0.1) is 6.92 Å². The molecule has 4 nitrogen and oxygen atoms in total. The van der Waals surface area contributed by atoms with E-state index in [0.29, 0.717) is 11.4 Å². The van der Waals surface area contributed by atoms with Gasteiger partial charge < -0.3 is 5.11 Å². The van der Waals surface area contributed by atoms with Crippen LogP contribution in [0.2, 0.25) is 5.02 Å². The molecule has 1 atom stereocenters. The lowest BCUT2D eigenvalue weighted by atomic mass is 10.1. The maximum Gasteiger partial charge on any atom is 0.0860 e. The molecule has 0 amide bonds. The Morgan fingerprint density at radius 2 is 2.16 bits per heavy atom. The summed E-state index contributed by atoms with van der Waals surface area (Å²) in [5, 5.41) is 15.3. The van der Waals surface area contributed by atoms with E-state index >= 15 is 0 Å². The number of aliphatic hydroxyl groups excluding tert-OH is 1. The zero-order valence-electron chi connectivity index (χ0n) is 11.4. The van der Waals surface area contributed by atoms with Crippen molar-refractivity contribution in [2.75, 3.05) is 0 Å². The minimum absolute atomic E-state index is 0.438. The fourth-order valence-electron chi connectivity index (χ4n) is 2.02. The van der Waals surface area contributed by atoms with E-state index < -0.39 is 6.10 Å². The summed E-state index contributed by atoms with van der Waals surface area (Å²) < 4.78 is 1.74. The van der Waals surface area contributed by atoms with Crippen molar-refractivity contribution in [3.8, 4) is 0 Å². The number of nitrogens with zero attached hydrogens (tertiary/aromatic N) is 3. The molecule has 102 valence electrons. The van der Waals surface area contributed by atoms with Gasteiger partial charge in [-0.3, -0.25) is 9.67 Å². The van der Waals surface area contributed by atoms with Crippen LogP contribution in [0.5, 0.6) is 0 Å². The van der Waals surface area contributed by atoms with Gasteiger partial charge in [0, 0.05) is 25.4 Å². The number of aromatic nitrogens is 3. The summed E-state index contributed by atoms with van der Waals surface area (Å²) in [6.07, 6.45) is 2.30. The lowest BCUT2D eigenvalue weighted by Gasteiger charge is -2.11. The van der Waals surface area contributed by atoms with Crippen LogP contribution in [-0.2, 0) is 19.9 Å². The van der Waals surface area contributed by atoms with Gasteiger partial charge in [-0.15, -0.1) is 0 Å². The molecule has 2 aromatic rings. The van der Waals surface area contributed by atoms with E-state index in [-0.39, 0.29) is 0 Å². The van der Waals surface area contributed by atoms with E-state index in [9.17, 15) is 5.11 Å². The molecule has 0 aliphatic rings. The van der Waals surface area contributed by atoms with E-state index in [2.05, 4.69) is 10.1 Å². The first-order chi connectivity index (χ1) is 9.02. The minimum Gasteiger partial charge on any atom is -0.388 e. The Bertz CT molecular complexity index is 563. The van der Waals surface area contributed by atoms with Gasteiger partial charge in [0.25, 0.3) is 0 Å². The van der Waals surface area contributed by atoms with E-state index in [1.807, 2.05) is 33.0 Å². The minimum atomic E-state index is -0.620. The number of hydrogen-bond donors (Lipinski definition) is 1. The average molecular weight is 280 g/mol. The topological polar surface area (TPSA) is 50.9 Å². The molecule has 2 aromatic heterocycles. The molecule has 0 fully saturated rings. The summed E-state index contributed by atoms with van der Waals surface area (Å²) in [7, 11) is 1.85. The number of aliphatic hydroxyl groups is 1. The second kappa shape index (κ2) is 5.72. The van der Waals surface area contributed by atoms with Gasteiger partial charge in [0.15, 0.2) is 0 Å². The zero-order chi connectivity index (χ0) is 14.0. The molecule has 1 N–H and O–H groups in total. The average Bonchev–Trinajstić information content (AvgIpc) is 2.67. The molecule has 2 heterocycles. The van der Waals surface area contributed by atoms with Crippen LogP contribution in [0.25, 0.3) is 0 Å². The molecule has 0 spiro atoms. The Kier molecular flexibility index (Phi) is 4.22. The molecular weight excluding hydrogens is 262 g/mol. The molecule has 0 radical (unpaired) electrons. The fraction of sp³-hybridized carbons (Fsp3) is 0.429. The fourth-order valence-corrected chi connectivity index (χ4v) is 2.39. The van der Waals surface area contributed by atoms with Crippen molar-refractivity contribution >= 4 is 11.6 Å². The van der Waals surface area contributed by atoms with Crippen LogP contribution in [-0.4, -0.2) is 19.9 Å². The normalized spacial score (nSPS) is 12.7. The zero-order valence-corrected chi connectivity index (χ0v) is 12.1. The maximum atomic E-state index is 10.3. The molecule has 19 heavy (non-hydrogen) atoms. The molecule has 5 heteroatoms. The van der Waals surface area contributed by atoms with Gasteiger partial charge in [-0.25, -0.2) is 0 Å². The van der Waals surface area contributed by atoms with Gasteiger partial charge in [-0.05, 0) is 25.0 Å². The summed E-state index contributed by atoms with van der Waals surface area (Å²) in [5.41, 5.74) is 3.45. The Balaban J connectivity index is 2.21. The molecule has 0 bridgehead atoms. The van der Waals surface area contributed by atoms with E-state index in [1.54, 1.807) is 10.9 Å². The number of halogens is 1. The van der Waals surface area contributed by atoms with Crippen molar-refractivity contribution in [2.45, 2.75) is 32.8 Å². The SMILES string of the molecule is CCc1nn(C)c(CC(O)c2ccc(C)nc2)c1Cl. The van der Waals surface area contributed by atoms with Gasteiger partial charge in [-0.1, -0.05) is 24.6 Å².